The third-order valence-corrected chi connectivity index (χ3v) is 8.04. The largest absolute Gasteiger partial charge is 0.507 e. The van der Waals surface area contributed by atoms with Crippen LogP contribution in [0.5, 0.6) is 5.75 Å². The summed E-state index contributed by atoms with van der Waals surface area (Å²) < 4.78 is 5.63. The summed E-state index contributed by atoms with van der Waals surface area (Å²) in [6.07, 6.45) is 21.5. The van der Waals surface area contributed by atoms with Crippen molar-refractivity contribution in [1.82, 2.24) is 0 Å². The number of phenols is 1. The van der Waals surface area contributed by atoms with Crippen LogP contribution in [0, 0.1) is 5.92 Å². The summed E-state index contributed by atoms with van der Waals surface area (Å²) >= 11 is 0. The van der Waals surface area contributed by atoms with E-state index in [9.17, 15) is 9.90 Å². The monoisotopic (exact) mass is 544 g/mol. The lowest BCUT2D eigenvalue weighted by atomic mass is 9.77. The van der Waals surface area contributed by atoms with E-state index in [4.69, 9.17) is 4.74 Å². The van der Waals surface area contributed by atoms with Gasteiger partial charge in [0.25, 0.3) is 0 Å². The molecule has 0 saturated carbocycles. The minimum atomic E-state index is -0.140. The third kappa shape index (κ3) is 15.2. The maximum absolute atomic E-state index is 11.9. The molecule has 0 heterocycles. The van der Waals surface area contributed by atoms with E-state index in [1.165, 1.54) is 95.5 Å². The molecule has 1 aromatic carbocycles. The zero-order valence-corrected chi connectivity index (χ0v) is 27.2. The van der Waals surface area contributed by atoms with E-state index in [1.54, 1.807) is 0 Å². The molecule has 39 heavy (non-hydrogen) atoms. The summed E-state index contributed by atoms with van der Waals surface area (Å²) in [5.41, 5.74) is 2.97. The molecule has 1 unspecified atom stereocenters. The fraction of sp³-hybridized carbons (Fsp3) is 0.806. The van der Waals surface area contributed by atoms with Crippen LogP contribution in [0.2, 0.25) is 0 Å². The molecule has 0 aliphatic heterocycles. The minimum Gasteiger partial charge on any atom is -0.507 e. The maximum Gasteiger partial charge on any atom is 0.305 e. The smallest absolute Gasteiger partial charge is 0.305 e. The second-order valence-corrected chi connectivity index (χ2v) is 14.0. The first-order valence-corrected chi connectivity index (χ1v) is 16.4. The van der Waals surface area contributed by atoms with Crippen LogP contribution < -0.4 is 0 Å². The minimum absolute atomic E-state index is 0.113. The van der Waals surface area contributed by atoms with Gasteiger partial charge in [-0.2, -0.15) is 0 Å². The van der Waals surface area contributed by atoms with Crippen molar-refractivity contribution in [3.8, 4) is 5.75 Å². The Morgan fingerprint density at radius 3 is 1.51 bits per heavy atom. The van der Waals surface area contributed by atoms with E-state index in [-0.39, 0.29) is 16.8 Å². The van der Waals surface area contributed by atoms with E-state index in [1.807, 2.05) is 6.92 Å². The van der Waals surface area contributed by atoms with Crippen LogP contribution >= 0.6 is 0 Å². The van der Waals surface area contributed by atoms with Crippen LogP contribution in [0.3, 0.4) is 0 Å². The highest BCUT2D eigenvalue weighted by Gasteiger charge is 2.27. The van der Waals surface area contributed by atoms with Gasteiger partial charge in [0.15, 0.2) is 0 Å². The van der Waals surface area contributed by atoms with Gasteiger partial charge in [-0.1, -0.05) is 157 Å². The molecule has 0 spiro atoms. The molecule has 0 amide bonds. The van der Waals surface area contributed by atoms with E-state index in [0.717, 1.165) is 24.0 Å². The molecule has 0 saturated heterocycles. The number of benzene rings is 1. The highest BCUT2D eigenvalue weighted by Crippen LogP contribution is 2.40. The van der Waals surface area contributed by atoms with Crippen molar-refractivity contribution < 1.29 is 14.6 Å². The zero-order valence-electron chi connectivity index (χ0n) is 27.2. The van der Waals surface area contributed by atoms with E-state index in [2.05, 4.69) is 60.6 Å². The van der Waals surface area contributed by atoms with Gasteiger partial charge >= 0.3 is 5.97 Å². The number of hydrogen-bond donors (Lipinski definition) is 1. The van der Waals surface area contributed by atoms with E-state index < -0.39 is 0 Å². The Bertz CT molecular complexity index is 761. The van der Waals surface area contributed by atoms with Gasteiger partial charge in [0, 0.05) is 6.42 Å². The normalized spacial score (nSPS) is 13.0. The molecule has 0 aliphatic rings. The van der Waals surface area contributed by atoms with E-state index >= 15 is 0 Å². The van der Waals surface area contributed by atoms with Crippen LogP contribution in [0.25, 0.3) is 0 Å². The lowest BCUT2D eigenvalue weighted by Crippen LogP contribution is -2.20. The van der Waals surface area contributed by atoms with Crippen molar-refractivity contribution in [2.75, 3.05) is 6.61 Å². The Kier molecular flexibility index (Phi) is 17.1. The summed E-state index contributed by atoms with van der Waals surface area (Å²) in [7, 11) is 0. The quantitative estimate of drug-likeness (QED) is 0.131. The topological polar surface area (TPSA) is 46.5 Å². The lowest BCUT2D eigenvalue weighted by Gasteiger charge is -2.29. The molecular weight excluding hydrogens is 480 g/mol. The molecule has 0 bridgehead atoms. The predicted octanol–water partition coefficient (Wildman–Crippen LogP) is 11.0. The predicted molar refractivity (Wildman–Crippen MR) is 169 cm³/mol. The Hall–Kier alpha value is -1.51. The summed E-state index contributed by atoms with van der Waals surface area (Å²) in [4.78, 5) is 11.9. The average molecular weight is 545 g/mol. The van der Waals surface area contributed by atoms with Crippen molar-refractivity contribution in [3.63, 3.8) is 0 Å². The SMILES string of the molecule is CCCCCCCCCCCCCCCCC(COC(=O)CC)Cc1cc(C(C)(C)C)c(O)c(C(C)(C)C)c1. The first-order chi connectivity index (χ1) is 18.4. The molecule has 3 nitrogen and oxygen atoms in total. The van der Waals surface area contributed by atoms with Gasteiger partial charge in [-0.3, -0.25) is 4.79 Å². The van der Waals surface area contributed by atoms with Gasteiger partial charge in [-0.15, -0.1) is 0 Å². The van der Waals surface area contributed by atoms with Crippen molar-refractivity contribution >= 4 is 5.97 Å². The fourth-order valence-electron chi connectivity index (χ4n) is 5.47. The van der Waals surface area contributed by atoms with Crippen molar-refractivity contribution in [3.05, 3.63) is 28.8 Å². The Balaban J connectivity index is 2.58. The number of phenolic OH excluding ortho intramolecular Hbond substituents is 1. The van der Waals surface area contributed by atoms with Crippen molar-refractivity contribution in [1.29, 1.82) is 0 Å². The lowest BCUT2D eigenvalue weighted by molar-refractivity contribution is -0.144. The number of aromatic hydroxyl groups is 1. The van der Waals surface area contributed by atoms with Crippen molar-refractivity contribution in [2.24, 2.45) is 5.92 Å². The second-order valence-electron chi connectivity index (χ2n) is 14.0. The van der Waals surface area contributed by atoms with Gasteiger partial charge < -0.3 is 9.84 Å². The molecule has 0 radical (unpaired) electrons. The molecule has 0 aliphatic carbocycles. The number of ether oxygens (including phenoxy) is 1. The van der Waals surface area contributed by atoms with Gasteiger partial charge in [-0.05, 0) is 46.3 Å². The average Bonchev–Trinajstić information content (AvgIpc) is 2.86. The van der Waals surface area contributed by atoms with Gasteiger partial charge in [0.05, 0.1) is 6.61 Å². The molecule has 0 fully saturated rings. The molecular formula is C36H64O3. The molecule has 1 atom stereocenters. The number of carbonyl (C=O) groups is 1. The Labute approximate surface area is 242 Å². The van der Waals surface area contributed by atoms with Crippen LogP contribution in [-0.2, 0) is 26.8 Å². The molecule has 0 aromatic heterocycles. The summed E-state index contributed by atoms with van der Waals surface area (Å²) in [6, 6.07) is 4.37. The number of esters is 1. The van der Waals surface area contributed by atoms with Crippen molar-refractivity contribution in [2.45, 2.75) is 175 Å². The second kappa shape index (κ2) is 18.8. The van der Waals surface area contributed by atoms with Crippen LogP contribution in [0.15, 0.2) is 12.1 Å². The summed E-state index contributed by atoms with van der Waals surface area (Å²) in [5, 5.41) is 11.1. The summed E-state index contributed by atoms with van der Waals surface area (Å²) in [6.45, 7) is 17.6. The van der Waals surface area contributed by atoms with Gasteiger partial charge in [0.2, 0.25) is 0 Å². The van der Waals surface area contributed by atoms with E-state index in [0.29, 0.717) is 24.7 Å². The van der Waals surface area contributed by atoms with Crippen LogP contribution in [0.1, 0.15) is 175 Å². The van der Waals surface area contributed by atoms with Gasteiger partial charge in [0.1, 0.15) is 5.75 Å². The Morgan fingerprint density at radius 2 is 1.13 bits per heavy atom. The molecule has 1 N–H and O–H groups in total. The maximum atomic E-state index is 11.9. The number of carbonyl (C=O) groups excluding carboxylic acids is 1. The summed E-state index contributed by atoms with van der Waals surface area (Å²) in [5.74, 6) is 0.625. The highest BCUT2D eigenvalue weighted by molar-refractivity contribution is 5.68. The molecule has 1 aromatic rings. The fourth-order valence-corrected chi connectivity index (χ4v) is 5.47. The molecule has 226 valence electrons. The number of unbranched alkanes of at least 4 members (excludes halogenated alkanes) is 13. The number of hydrogen-bond acceptors (Lipinski definition) is 3. The third-order valence-electron chi connectivity index (χ3n) is 8.04. The zero-order chi connectivity index (χ0) is 29.3. The first kappa shape index (κ1) is 35.5. The number of rotatable bonds is 20. The first-order valence-electron chi connectivity index (χ1n) is 16.4. The Morgan fingerprint density at radius 1 is 0.718 bits per heavy atom. The molecule has 1 rings (SSSR count). The highest BCUT2D eigenvalue weighted by atomic mass is 16.5. The van der Waals surface area contributed by atoms with Gasteiger partial charge in [-0.25, -0.2) is 0 Å². The molecule has 3 heteroatoms. The van der Waals surface area contributed by atoms with Crippen LogP contribution in [-0.4, -0.2) is 17.7 Å². The standard InChI is InChI=1S/C36H64O3/c1-9-11-12-13-14-15-16-17-18-19-20-21-22-23-24-29(28-39-33(37)10-2)25-30-26-31(35(3,4)5)34(38)32(27-30)36(6,7)8/h26-27,29,38H,9-25,28H2,1-8H3. The van der Waals surface area contributed by atoms with Crippen LogP contribution in [0.4, 0.5) is 0 Å².